The van der Waals surface area contributed by atoms with E-state index in [0.717, 1.165) is 45.3 Å². The maximum Gasteiger partial charge on any atom is 0.241 e. The molecule has 2 N–H and O–H groups in total. The first-order chi connectivity index (χ1) is 13.9. The topological polar surface area (TPSA) is 70.1 Å². The molecule has 29 heavy (non-hydrogen) atoms. The van der Waals surface area contributed by atoms with Gasteiger partial charge in [-0.15, -0.1) is 0 Å². The predicted octanol–water partition coefficient (Wildman–Crippen LogP) is 4.65. The van der Waals surface area contributed by atoms with Gasteiger partial charge in [-0.2, -0.15) is 5.10 Å². The number of amides is 1. The van der Waals surface area contributed by atoms with E-state index in [9.17, 15) is 4.79 Å². The van der Waals surface area contributed by atoms with Gasteiger partial charge in [0.25, 0.3) is 0 Å². The molecule has 0 bridgehead atoms. The molecule has 0 fully saturated rings. The van der Waals surface area contributed by atoms with Gasteiger partial charge in [0.2, 0.25) is 5.91 Å². The van der Waals surface area contributed by atoms with Gasteiger partial charge in [-0.1, -0.05) is 29.8 Å². The Bertz CT molecular complexity index is 1000. The Labute approximate surface area is 175 Å². The largest absolute Gasteiger partial charge is 0.494 e. The molecule has 0 spiro atoms. The van der Waals surface area contributed by atoms with Crippen molar-refractivity contribution >= 4 is 23.6 Å². The molecule has 0 saturated carbocycles. The van der Waals surface area contributed by atoms with E-state index >= 15 is 0 Å². The maximum atomic E-state index is 11.1. The minimum Gasteiger partial charge on any atom is -0.494 e. The molecule has 0 aliphatic rings. The van der Waals surface area contributed by atoms with Crippen LogP contribution in [0.1, 0.15) is 28.8 Å². The standard InChI is InChI=1S/C23H24ClN3O2/c1-16-13-20(14-17(2)23(16)24)29-12-6-9-21-18(10-11-22(25)28)15-27(26-21)19-7-4-3-5-8-19/h3-5,7-8,10-11,13-15H,6,9,12H2,1-2H3,(H2,25,28). The molecule has 150 valence electrons. The number of carbonyl (C=O) groups excluding carboxylic acids is 1. The van der Waals surface area contributed by atoms with E-state index in [0.29, 0.717) is 13.0 Å². The van der Waals surface area contributed by atoms with Crippen molar-refractivity contribution in [2.75, 3.05) is 6.61 Å². The number of nitrogens with zero attached hydrogens (tertiary/aromatic N) is 2. The quantitative estimate of drug-likeness (QED) is 0.434. The highest BCUT2D eigenvalue weighted by Gasteiger charge is 2.09. The van der Waals surface area contributed by atoms with E-state index in [1.807, 2.05) is 67.2 Å². The molecule has 0 unspecified atom stereocenters. The second kappa shape index (κ2) is 9.43. The van der Waals surface area contributed by atoms with Crippen molar-refractivity contribution in [1.29, 1.82) is 0 Å². The van der Waals surface area contributed by atoms with Crippen molar-refractivity contribution in [1.82, 2.24) is 9.78 Å². The number of para-hydroxylation sites is 1. The molecule has 6 heteroatoms. The summed E-state index contributed by atoms with van der Waals surface area (Å²) in [6.07, 6.45) is 6.45. The Hall–Kier alpha value is -3.05. The zero-order chi connectivity index (χ0) is 20.8. The molecule has 5 nitrogen and oxygen atoms in total. The van der Waals surface area contributed by atoms with Gasteiger partial charge >= 0.3 is 0 Å². The summed E-state index contributed by atoms with van der Waals surface area (Å²) in [6.45, 7) is 4.49. The number of ether oxygens (including phenoxy) is 1. The summed E-state index contributed by atoms with van der Waals surface area (Å²) in [7, 11) is 0. The van der Waals surface area contributed by atoms with Gasteiger partial charge in [0, 0.05) is 22.9 Å². The third-order valence-electron chi connectivity index (χ3n) is 4.51. The molecule has 0 atom stereocenters. The van der Waals surface area contributed by atoms with E-state index in [1.165, 1.54) is 6.08 Å². The fraction of sp³-hybridized carbons (Fsp3) is 0.217. The van der Waals surface area contributed by atoms with Crippen molar-refractivity contribution in [3.8, 4) is 11.4 Å². The van der Waals surface area contributed by atoms with Crippen LogP contribution in [-0.4, -0.2) is 22.3 Å². The molecule has 2 aromatic carbocycles. The number of aromatic nitrogens is 2. The maximum absolute atomic E-state index is 11.1. The molecule has 0 aliphatic heterocycles. The van der Waals surface area contributed by atoms with Crippen LogP contribution in [0.15, 0.2) is 54.7 Å². The third-order valence-corrected chi connectivity index (χ3v) is 5.10. The summed E-state index contributed by atoms with van der Waals surface area (Å²) in [5.41, 5.74) is 9.96. The van der Waals surface area contributed by atoms with Gasteiger partial charge in [0.15, 0.2) is 0 Å². The lowest BCUT2D eigenvalue weighted by Gasteiger charge is -2.09. The van der Waals surface area contributed by atoms with E-state index in [1.54, 1.807) is 6.08 Å². The average molecular weight is 410 g/mol. The number of primary amides is 1. The summed E-state index contributed by atoms with van der Waals surface area (Å²) in [6, 6.07) is 13.7. The molecule has 0 saturated heterocycles. The molecule has 1 amide bonds. The molecule has 3 aromatic rings. The van der Waals surface area contributed by atoms with E-state index in [-0.39, 0.29) is 0 Å². The lowest BCUT2D eigenvalue weighted by molar-refractivity contribution is -0.113. The van der Waals surface area contributed by atoms with Crippen molar-refractivity contribution in [3.63, 3.8) is 0 Å². The molecule has 0 radical (unpaired) electrons. The molecular weight excluding hydrogens is 386 g/mol. The van der Waals surface area contributed by atoms with E-state index in [2.05, 4.69) is 5.10 Å². The summed E-state index contributed by atoms with van der Waals surface area (Å²) >= 11 is 6.21. The van der Waals surface area contributed by atoms with Crippen molar-refractivity contribution in [2.24, 2.45) is 5.73 Å². The Morgan fingerprint density at radius 1 is 1.21 bits per heavy atom. The molecule has 1 aromatic heterocycles. The zero-order valence-electron chi connectivity index (χ0n) is 16.6. The number of hydrogen-bond donors (Lipinski definition) is 1. The van der Waals surface area contributed by atoms with Gasteiger partial charge in [-0.25, -0.2) is 4.68 Å². The number of hydrogen-bond acceptors (Lipinski definition) is 3. The molecular formula is C23H24ClN3O2. The summed E-state index contributed by atoms with van der Waals surface area (Å²) in [4.78, 5) is 11.1. The van der Waals surface area contributed by atoms with Crippen molar-refractivity contribution in [3.05, 3.63) is 82.1 Å². The van der Waals surface area contributed by atoms with Crippen LogP contribution in [-0.2, 0) is 11.2 Å². The smallest absolute Gasteiger partial charge is 0.241 e. The lowest BCUT2D eigenvalue weighted by Crippen LogP contribution is -2.05. The second-order valence-electron chi connectivity index (χ2n) is 6.87. The molecule has 3 rings (SSSR count). The number of nitrogens with two attached hydrogens (primary N) is 1. The highest BCUT2D eigenvalue weighted by atomic mass is 35.5. The van der Waals surface area contributed by atoms with Crippen molar-refractivity contribution < 1.29 is 9.53 Å². The van der Waals surface area contributed by atoms with Crippen LogP contribution in [0.2, 0.25) is 5.02 Å². The first kappa shape index (κ1) is 20.7. The van der Waals surface area contributed by atoms with Crippen LogP contribution < -0.4 is 10.5 Å². The summed E-state index contributed by atoms with van der Waals surface area (Å²) in [5.74, 6) is 0.327. The number of rotatable bonds is 8. The first-order valence-electron chi connectivity index (χ1n) is 9.45. The number of halogens is 1. The minimum absolute atomic E-state index is 0.486. The third kappa shape index (κ3) is 5.48. The second-order valence-corrected chi connectivity index (χ2v) is 7.25. The van der Waals surface area contributed by atoms with E-state index in [4.69, 9.17) is 22.1 Å². The van der Waals surface area contributed by atoms with Gasteiger partial charge < -0.3 is 10.5 Å². The van der Waals surface area contributed by atoms with Crippen LogP contribution in [0.25, 0.3) is 11.8 Å². The molecule has 1 heterocycles. The highest BCUT2D eigenvalue weighted by Crippen LogP contribution is 2.26. The normalized spacial score (nSPS) is 11.1. The summed E-state index contributed by atoms with van der Waals surface area (Å²) in [5, 5.41) is 5.46. The van der Waals surface area contributed by atoms with Crippen molar-refractivity contribution in [2.45, 2.75) is 26.7 Å². The Kier molecular flexibility index (Phi) is 6.73. The Balaban J connectivity index is 1.69. The number of benzene rings is 2. The summed E-state index contributed by atoms with van der Waals surface area (Å²) < 4.78 is 7.70. The van der Waals surface area contributed by atoms with Crippen LogP contribution in [0.3, 0.4) is 0 Å². The minimum atomic E-state index is -0.486. The monoisotopic (exact) mass is 409 g/mol. The van der Waals surface area contributed by atoms with Crippen LogP contribution in [0, 0.1) is 13.8 Å². The van der Waals surface area contributed by atoms with Gasteiger partial charge in [-0.05, 0) is 68.2 Å². The SMILES string of the molecule is Cc1cc(OCCCc2nn(-c3ccccc3)cc2C=CC(N)=O)cc(C)c1Cl. The average Bonchev–Trinajstić information content (AvgIpc) is 3.11. The fourth-order valence-electron chi connectivity index (χ4n) is 3.06. The first-order valence-corrected chi connectivity index (χ1v) is 9.83. The Morgan fingerprint density at radius 2 is 1.90 bits per heavy atom. The zero-order valence-corrected chi connectivity index (χ0v) is 17.3. The number of carbonyl (C=O) groups is 1. The van der Waals surface area contributed by atoms with Gasteiger partial charge in [-0.3, -0.25) is 4.79 Å². The lowest BCUT2D eigenvalue weighted by atomic mass is 10.1. The van der Waals surface area contributed by atoms with Crippen LogP contribution in [0.5, 0.6) is 5.75 Å². The predicted molar refractivity (Wildman–Crippen MR) is 117 cm³/mol. The Morgan fingerprint density at radius 3 is 2.55 bits per heavy atom. The molecule has 0 aliphatic carbocycles. The number of aryl methyl sites for hydroxylation is 3. The highest BCUT2D eigenvalue weighted by molar-refractivity contribution is 6.32. The van der Waals surface area contributed by atoms with E-state index < -0.39 is 5.91 Å². The fourth-order valence-corrected chi connectivity index (χ4v) is 3.17. The van der Waals surface area contributed by atoms with Gasteiger partial charge in [0.05, 0.1) is 18.0 Å². The van der Waals surface area contributed by atoms with Crippen LogP contribution in [0.4, 0.5) is 0 Å². The van der Waals surface area contributed by atoms with Gasteiger partial charge in [0.1, 0.15) is 5.75 Å². The van der Waals surface area contributed by atoms with Crippen LogP contribution >= 0.6 is 11.6 Å².